The molecule has 0 spiro atoms. The predicted octanol–water partition coefficient (Wildman–Crippen LogP) is 2.09. The fraction of sp³-hybridized carbons (Fsp3) is 0.571. The quantitative estimate of drug-likeness (QED) is 0.928. The van der Waals surface area contributed by atoms with Crippen LogP contribution in [0.4, 0.5) is 5.13 Å². The molecule has 8 heteroatoms. The number of methoxy groups -OCH3 is 1. The van der Waals surface area contributed by atoms with Crippen molar-refractivity contribution in [1.29, 1.82) is 0 Å². The number of rotatable bonds is 4. The first-order valence-electron chi connectivity index (χ1n) is 7.33. The lowest BCUT2D eigenvalue weighted by atomic mass is 10.2. The van der Waals surface area contributed by atoms with Crippen LogP contribution in [0.25, 0.3) is 0 Å². The molecule has 7 nitrogen and oxygen atoms in total. The highest BCUT2D eigenvalue weighted by atomic mass is 32.1. The maximum absolute atomic E-state index is 11.9. The molecule has 0 bridgehead atoms. The number of nitrogens with one attached hydrogen (secondary N) is 1. The molecule has 2 aromatic rings. The van der Waals surface area contributed by atoms with Crippen LogP contribution in [0.2, 0.25) is 0 Å². The van der Waals surface area contributed by atoms with Crippen molar-refractivity contribution in [2.24, 2.45) is 0 Å². The number of aromatic nitrogens is 4. The average Bonchev–Trinajstić information content (AvgIpc) is 3.15. The minimum atomic E-state index is -0.250. The Hall–Kier alpha value is -1.96. The summed E-state index contributed by atoms with van der Waals surface area (Å²) >= 11 is 1.41. The Bertz CT molecular complexity index is 711. The molecule has 0 saturated carbocycles. The molecule has 2 aromatic heterocycles. The van der Waals surface area contributed by atoms with E-state index in [0.717, 1.165) is 30.3 Å². The highest BCUT2D eigenvalue weighted by Crippen LogP contribution is 2.35. The van der Waals surface area contributed by atoms with Gasteiger partial charge < -0.3 is 14.6 Å². The van der Waals surface area contributed by atoms with Crippen LogP contribution < -0.4 is 15.2 Å². The number of H-pyrrole nitrogens is 1. The first-order chi connectivity index (χ1) is 10.6. The van der Waals surface area contributed by atoms with Gasteiger partial charge in [-0.2, -0.15) is 4.37 Å². The smallest absolute Gasteiger partial charge is 0.293 e. The van der Waals surface area contributed by atoms with Gasteiger partial charge in [0.25, 0.3) is 5.56 Å². The Kier molecular flexibility index (Phi) is 4.10. The van der Waals surface area contributed by atoms with Gasteiger partial charge >= 0.3 is 0 Å². The molecule has 1 fully saturated rings. The van der Waals surface area contributed by atoms with E-state index in [4.69, 9.17) is 4.74 Å². The van der Waals surface area contributed by atoms with E-state index >= 15 is 0 Å². The summed E-state index contributed by atoms with van der Waals surface area (Å²) in [6.07, 6.45) is 3.45. The van der Waals surface area contributed by atoms with Gasteiger partial charge in [-0.1, -0.05) is 13.8 Å². The van der Waals surface area contributed by atoms with Crippen molar-refractivity contribution in [3.8, 4) is 5.75 Å². The second-order valence-corrected chi connectivity index (χ2v) is 6.34. The Morgan fingerprint density at radius 1 is 1.50 bits per heavy atom. The molecule has 0 aromatic carbocycles. The van der Waals surface area contributed by atoms with Gasteiger partial charge in [0.1, 0.15) is 11.6 Å². The molecule has 1 N–H and O–H groups in total. The zero-order chi connectivity index (χ0) is 15.7. The summed E-state index contributed by atoms with van der Waals surface area (Å²) in [5, 5.41) is 0.893. The summed E-state index contributed by atoms with van der Waals surface area (Å²) in [6.45, 7) is 5.05. The molecule has 1 aliphatic heterocycles. The molecule has 118 valence electrons. The van der Waals surface area contributed by atoms with Crippen molar-refractivity contribution < 1.29 is 4.74 Å². The zero-order valence-corrected chi connectivity index (χ0v) is 13.7. The molecule has 1 saturated heterocycles. The average molecular weight is 321 g/mol. The minimum absolute atomic E-state index is 0.0339. The van der Waals surface area contributed by atoms with E-state index in [1.165, 1.54) is 24.8 Å². The monoisotopic (exact) mass is 321 g/mol. The Balaban J connectivity index is 1.89. The van der Waals surface area contributed by atoms with Gasteiger partial charge in [-0.25, -0.2) is 9.97 Å². The molecular weight excluding hydrogens is 302 g/mol. The van der Waals surface area contributed by atoms with Crippen molar-refractivity contribution in [3.63, 3.8) is 0 Å². The Morgan fingerprint density at radius 2 is 2.32 bits per heavy atom. The van der Waals surface area contributed by atoms with Crippen LogP contribution in [0.1, 0.15) is 50.3 Å². The second kappa shape index (κ2) is 6.04. The highest BCUT2D eigenvalue weighted by molar-refractivity contribution is 7.09. The zero-order valence-electron chi connectivity index (χ0n) is 12.9. The van der Waals surface area contributed by atoms with Crippen molar-refractivity contribution in [3.05, 3.63) is 28.2 Å². The van der Waals surface area contributed by atoms with Gasteiger partial charge in [-0.15, -0.1) is 0 Å². The van der Waals surface area contributed by atoms with E-state index in [9.17, 15) is 4.79 Å². The third kappa shape index (κ3) is 2.70. The molecule has 1 atom stereocenters. The molecule has 3 rings (SSSR count). The standard InChI is InChI=1S/C14H19N5O2S/c1-8(2)11-17-14(22-18-11)19-6-4-5-9(19)12-15-7-10(21-3)13(20)16-12/h7-9H,4-6H2,1-3H3,(H,15,16,20). The number of anilines is 1. The lowest BCUT2D eigenvalue weighted by molar-refractivity contribution is 0.404. The topological polar surface area (TPSA) is 84.0 Å². The van der Waals surface area contributed by atoms with Gasteiger partial charge in [0.15, 0.2) is 0 Å². The third-order valence-corrected chi connectivity index (χ3v) is 4.54. The maximum atomic E-state index is 11.9. The largest absolute Gasteiger partial charge is 0.490 e. The molecule has 1 aliphatic rings. The van der Waals surface area contributed by atoms with Crippen LogP contribution in [0, 0.1) is 0 Å². The lowest BCUT2D eigenvalue weighted by Gasteiger charge is -2.22. The Labute approximate surface area is 132 Å². The normalized spacial score (nSPS) is 18.2. The molecule has 0 amide bonds. The maximum Gasteiger partial charge on any atom is 0.293 e. The number of hydrogen-bond donors (Lipinski definition) is 1. The summed E-state index contributed by atoms with van der Waals surface area (Å²) in [7, 11) is 1.46. The van der Waals surface area contributed by atoms with Crippen LogP contribution in [0.3, 0.4) is 0 Å². The number of aromatic amines is 1. The summed E-state index contributed by atoms with van der Waals surface area (Å²) in [6, 6.07) is 0.0339. The molecule has 0 aliphatic carbocycles. The van der Waals surface area contributed by atoms with E-state index in [-0.39, 0.29) is 17.4 Å². The first-order valence-corrected chi connectivity index (χ1v) is 8.11. The Morgan fingerprint density at radius 3 is 2.95 bits per heavy atom. The van der Waals surface area contributed by atoms with Crippen LogP contribution in [-0.4, -0.2) is 33.0 Å². The number of nitrogens with zero attached hydrogens (tertiary/aromatic N) is 4. The molecule has 1 unspecified atom stereocenters. The molecular formula is C14H19N5O2S. The summed E-state index contributed by atoms with van der Waals surface area (Å²) in [5.41, 5.74) is -0.250. The SMILES string of the molecule is COc1cnc(C2CCCN2c2nc(C(C)C)ns2)[nH]c1=O. The van der Waals surface area contributed by atoms with Crippen molar-refractivity contribution >= 4 is 16.7 Å². The number of ether oxygens (including phenoxy) is 1. The van der Waals surface area contributed by atoms with Crippen molar-refractivity contribution in [1.82, 2.24) is 19.3 Å². The van der Waals surface area contributed by atoms with Gasteiger partial charge in [-0.3, -0.25) is 4.79 Å². The van der Waals surface area contributed by atoms with E-state index in [0.29, 0.717) is 11.7 Å². The van der Waals surface area contributed by atoms with Gasteiger partial charge in [0.05, 0.1) is 19.3 Å². The minimum Gasteiger partial charge on any atom is -0.490 e. The van der Waals surface area contributed by atoms with E-state index in [1.807, 2.05) is 0 Å². The van der Waals surface area contributed by atoms with Crippen LogP contribution in [0.5, 0.6) is 5.75 Å². The first kappa shape index (κ1) is 15.0. The van der Waals surface area contributed by atoms with Crippen molar-refractivity contribution in [2.45, 2.75) is 38.6 Å². The van der Waals surface area contributed by atoms with Crippen LogP contribution >= 0.6 is 11.5 Å². The van der Waals surface area contributed by atoms with E-state index < -0.39 is 0 Å². The fourth-order valence-corrected chi connectivity index (χ4v) is 3.45. The summed E-state index contributed by atoms with van der Waals surface area (Å²) < 4.78 is 9.37. The number of hydrogen-bond acceptors (Lipinski definition) is 7. The highest BCUT2D eigenvalue weighted by Gasteiger charge is 2.30. The van der Waals surface area contributed by atoms with Crippen molar-refractivity contribution in [2.75, 3.05) is 18.6 Å². The van der Waals surface area contributed by atoms with Crippen LogP contribution in [-0.2, 0) is 0 Å². The van der Waals surface area contributed by atoms with Gasteiger partial charge in [-0.05, 0) is 12.8 Å². The van der Waals surface area contributed by atoms with E-state index in [2.05, 4.69) is 38.1 Å². The molecule has 22 heavy (non-hydrogen) atoms. The van der Waals surface area contributed by atoms with E-state index in [1.54, 1.807) is 0 Å². The summed E-state index contributed by atoms with van der Waals surface area (Å²) in [5.74, 6) is 2.06. The third-order valence-electron chi connectivity index (χ3n) is 3.77. The predicted molar refractivity (Wildman–Crippen MR) is 84.7 cm³/mol. The van der Waals surface area contributed by atoms with Gasteiger partial charge in [0.2, 0.25) is 10.9 Å². The fourth-order valence-electron chi connectivity index (χ4n) is 2.57. The summed E-state index contributed by atoms with van der Waals surface area (Å²) in [4.78, 5) is 25.9. The molecule has 3 heterocycles. The van der Waals surface area contributed by atoms with Crippen LogP contribution in [0.15, 0.2) is 11.0 Å². The second-order valence-electron chi connectivity index (χ2n) is 5.61. The molecule has 0 radical (unpaired) electrons. The van der Waals surface area contributed by atoms with Gasteiger partial charge in [0, 0.05) is 24.0 Å². The lowest BCUT2D eigenvalue weighted by Crippen LogP contribution is -2.26.